The predicted octanol–water partition coefficient (Wildman–Crippen LogP) is 4.09. The minimum absolute atomic E-state index is 0.0891. The smallest absolute Gasteiger partial charge is 0.308 e. The fourth-order valence-electron chi connectivity index (χ4n) is 4.48. The molecule has 7 heteroatoms. The largest absolute Gasteiger partial charge is 0.490 e. The molecule has 3 aromatic carbocycles. The zero-order valence-electron chi connectivity index (χ0n) is 19.2. The summed E-state index contributed by atoms with van der Waals surface area (Å²) in [6, 6.07) is 20.5. The van der Waals surface area contributed by atoms with Crippen LogP contribution in [0.15, 0.2) is 66.7 Å². The molecular weight excluding hydrogens is 432 g/mol. The summed E-state index contributed by atoms with van der Waals surface area (Å²) in [5.74, 6) is 1.58. The molecular formula is C27H26N2O5. The van der Waals surface area contributed by atoms with Gasteiger partial charge >= 0.3 is 5.97 Å². The lowest BCUT2D eigenvalue weighted by atomic mass is 10.1. The minimum atomic E-state index is -0.372. The Morgan fingerprint density at radius 1 is 1.00 bits per heavy atom. The van der Waals surface area contributed by atoms with Crippen LogP contribution < -0.4 is 24.0 Å². The monoisotopic (exact) mass is 458 g/mol. The summed E-state index contributed by atoms with van der Waals surface area (Å²) in [6.07, 6.45) is 0.554. The first-order chi connectivity index (χ1) is 16.5. The molecule has 0 aliphatic carbocycles. The fraction of sp³-hybridized carbons (Fsp3) is 0.259. The van der Waals surface area contributed by atoms with Gasteiger partial charge in [-0.25, -0.2) is 0 Å². The summed E-state index contributed by atoms with van der Waals surface area (Å²) in [5, 5.41) is 0. The van der Waals surface area contributed by atoms with E-state index in [1.807, 2.05) is 37.4 Å². The van der Waals surface area contributed by atoms with E-state index in [2.05, 4.69) is 4.90 Å². The van der Waals surface area contributed by atoms with Crippen LogP contribution in [-0.4, -0.2) is 44.7 Å². The van der Waals surface area contributed by atoms with Crippen LogP contribution in [-0.2, 0) is 11.2 Å². The van der Waals surface area contributed by atoms with Crippen molar-refractivity contribution in [2.75, 3.05) is 36.5 Å². The highest BCUT2D eigenvalue weighted by molar-refractivity contribution is 6.07. The Morgan fingerprint density at radius 3 is 2.56 bits per heavy atom. The van der Waals surface area contributed by atoms with Crippen molar-refractivity contribution in [2.45, 2.75) is 19.4 Å². The third kappa shape index (κ3) is 4.29. The fourth-order valence-corrected chi connectivity index (χ4v) is 4.48. The van der Waals surface area contributed by atoms with Crippen LogP contribution in [0.25, 0.3) is 0 Å². The Bertz CT molecular complexity index is 1220. The van der Waals surface area contributed by atoms with E-state index < -0.39 is 0 Å². The van der Waals surface area contributed by atoms with Crippen molar-refractivity contribution >= 4 is 23.3 Å². The zero-order valence-corrected chi connectivity index (χ0v) is 19.2. The van der Waals surface area contributed by atoms with Gasteiger partial charge in [0.2, 0.25) is 0 Å². The van der Waals surface area contributed by atoms with Gasteiger partial charge in [0.1, 0.15) is 30.0 Å². The highest BCUT2D eigenvalue weighted by atomic mass is 16.5. The molecule has 0 spiro atoms. The maximum atomic E-state index is 13.2. The van der Waals surface area contributed by atoms with Crippen molar-refractivity contribution in [1.29, 1.82) is 0 Å². The van der Waals surface area contributed by atoms with Gasteiger partial charge in [-0.2, -0.15) is 0 Å². The number of likely N-dealkylation sites (N-methyl/N-ethyl adjacent to an activating group) is 1. The van der Waals surface area contributed by atoms with Gasteiger partial charge < -0.3 is 24.0 Å². The average Bonchev–Trinajstić information content (AvgIpc) is 3.28. The lowest BCUT2D eigenvalue weighted by Crippen LogP contribution is -2.41. The number of nitrogens with zero attached hydrogens (tertiary/aromatic N) is 2. The standard InChI is InChI=1S/C27H26N2O5/c1-18(30)33-25-9-5-7-23-22(25)14-15-29(23)27(31)19-10-12-20(13-11-19)32-17-21-16-28(2)24-6-3-4-8-26(24)34-21/h3-13,21H,14-17H2,1-2H3/t21-/m0/s1. The molecule has 0 unspecified atom stereocenters. The molecule has 3 aromatic rings. The van der Waals surface area contributed by atoms with E-state index in [-0.39, 0.29) is 18.0 Å². The second-order valence-electron chi connectivity index (χ2n) is 8.48. The molecule has 0 bridgehead atoms. The Balaban J connectivity index is 1.23. The molecule has 0 fully saturated rings. The Hall–Kier alpha value is -4.00. The molecule has 1 atom stereocenters. The number of amides is 1. The number of hydrogen-bond acceptors (Lipinski definition) is 6. The highest BCUT2D eigenvalue weighted by Gasteiger charge is 2.28. The van der Waals surface area contributed by atoms with Crippen molar-refractivity contribution in [3.05, 3.63) is 77.9 Å². The van der Waals surface area contributed by atoms with Crippen molar-refractivity contribution in [3.63, 3.8) is 0 Å². The molecule has 0 N–H and O–H groups in total. The van der Waals surface area contributed by atoms with E-state index in [4.69, 9.17) is 14.2 Å². The topological polar surface area (TPSA) is 68.3 Å². The van der Waals surface area contributed by atoms with E-state index in [1.165, 1.54) is 6.92 Å². The number of ether oxygens (including phenoxy) is 3. The molecule has 1 amide bonds. The number of carbonyl (C=O) groups excluding carboxylic acids is 2. The van der Waals surface area contributed by atoms with Gasteiger partial charge in [0.15, 0.2) is 0 Å². The molecule has 2 aliphatic heterocycles. The van der Waals surface area contributed by atoms with Crippen LogP contribution >= 0.6 is 0 Å². The first kappa shape index (κ1) is 21.8. The average molecular weight is 459 g/mol. The first-order valence-corrected chi connectivity index (χ1v) is 11.3. The lowest BCUT2D eigenvalue weighted by Gasteiger charge is -2.33. The summed E-state index contributed by atoms with van der Waals surface area (Å²) in [4.78, 5) is 28.4. The third-order valence-corrected chi connectivity index (χ3v) is 6.07. The predicted molar refractivity (Wildman–Crippen MR) is 129 cm³/mol. The molecule has 2 aliphatic rings. The molecule has 34 heavy (non-hydrogen) atoms. The molecule has 174 valence electrons. The number of para-hydroxylation sites is 2. The zero-order chi connectivity index (χ0) is 23.7. The number of hydrogen-bond donors (Lipinski definition) is 0. The highest BCUT2D eigenvalue weighted by Crippen LogP contribution is 2.36. The van der Waals surface area contributed by atoms with E-state index >= 15 is 0 Å². The van der Waals surface area contributed by atoms with Crippen molar-refractivity contribution in [3.8, 4) is 17.2 Å². The van der Waals surface area contributed by atoms with E-state index in [1.54, 1.807) is 41.3 Å². The molecule has 0 saturated carbocycles. The van der Waals surface area contributed by atoms with Crippen LogP contribution in [0, 0.1) is 0 Å². The molecule has 7 nitrogen and oxygen atoms in total. The third-order valence-electron chi connectivity index (χ3n) is 6.07. The van der Waals surface area contributed by atoms with Gasteiger partial charge in [-0.1, -0.05) is 18.2 Å². The molecule has 0 aromatic heterocycles. The van der Waals surface area contributed by atoms with Gasteiger partial charge in [-0.3, -0.25) is 9.59 Å². The summed E-state index contributed by atoms with van der Waals surface area (Å²) in [6.45, 7) is 3.05. The van der Waals surface area contributed by atoms with Crippen LogP contribution in [0.3, 0.4) is 0 Å². The second kappa shape index (κ2) is 9.09. The maximum Gasteiger partial charge on any atom is 0.308 e. The molecule has 2 heterocycles. The van der Waals surface area contributed by atoms with E-state index in [0.29, 0.717) is 36.6 Å². The SMILES string of the molecule is CC(=O)Oc1cccc2c1CCN2C(=O)c1ccc(OC[C@@H]2CN(C)c3ccccc3O2)cc1. The number of esters is 1. The van der Waals surface area contributed by atoms with Gasteiger partial charge in [0, 0.05) is 31.6 Å². The van der Waals surface area contributed by atoms with Crippen LogP contribution in [0.4, 0.5) is 11.4 Å². The summed E-state index contributed by atoms with van der Waals surface area (Å²) >= 11 is 0. The van der Waals surface area contributed by atoms with Crippen LogP contribution in [0.1, 0.15) is 22.8 Å². The molecule has 0 radical (unpaired) electrons. The Labute approximate surface area is 198 Å². The maximum absolute atomic E-state index is 13.2. The number of benzene rings is 3. The lowest BCUT2D eigenvalue weighted by molar-refractivity contribution is -0.131. The Morgan fingerprint density at radius 2 is 1.76 bits per heavy atom. The van der Waals surface area contributed by atoms with E-state index in [0.717, 1.165) is 29.2 Å². The second-order valence-corrected chi connectivity index (χ2v) is 8.48. The van der Waals surface area contributed by atoms with Gasteiger partial charge in [0.05, 0.1) is 17.9 Å². The van der Waals surface area contributed by atoms with Gasteiger partial charge in [-0.15, -0.1) is 0 Å². The Kier molecular flexibility index (Phi) is 5.84. The number of carbonyl (C=O) groups is 2. The molecule has 5 rings (SSSR count). The molecule has 0 saturated heterocycles. The van der Waals surface area contributed by atoms with Gasteiger partial charge in [0.25, 0.3) is 5.91 Å². The summed E-state index contributed by atoms with van der Waals surface area (Å²) in [5.41, 5.74) is 3.30. The minimum Gasteiger partial charge on any atom is -0.490 e. The van der Waals surface area contributed by atoms with Crippen molar-refractivity contribution < 1.29 is 23.8 Å². The van der Waals surface area contributed by atoms with Crippen molar-refractivity contribution in [1.82, 2.24) is 0 Å². The summed E-state index contributed by atoms with van der Waals surface area (Å²) < 4.78 is 17.3. The van der Waals surface area contributed by atoms with Crippen LogP contribution in [0.5, 0.6) is 17.2 Å². The van der Waals surface area contributed by atoms with Crippen LogP contribution in [0.2, 0.25) is 0 Å². The summed E-state index contributed by atoms with van der Waals surface area (Å²) in [7, 11) is 2.04. The number of rotatable bonds is 5. The normalized spacial score (nSPS) is 16.4. The first-order valence-electron chi connectivity index (χ1n) is 11.3. The van der Waals surface area contributed by atoms with Crippen molar-refractivity contribution in [2.24, 2.45) is 0 Å². The van der Waals surface area contributed by atoms with Gasteiger partial charge in [-0.05, 0) is 55.0 Å². The number of fused-ring (bicyclic) bond motifs is 2. The van der Waals surface area contributed by atoms with E-state index in [9.17, 15) is 9.59 Å². The number of anilines is 2. The quantitative estimate of drug-likeness (QED) is 0.424.